The molecule has 0 spiro atoms. The third-order valence-corrected chi connectivity index (χ3v) is 4.56. The third-order valence-electron chi connectivity index (χ3n) is 4.56. The van der Waals surface area contributed by atoms with Gasteiger partial charge < -0.3 is 10.3 Å². The Morgan fingerprint density at radius 3 is 2.66 bits per heavy atom. The fourth-order valence-corrected chi connectivity index (χ4v) is 3.03. The molecule has 0 saturated carbocycles. The Morgan fingerprint density at radius 1 is 1.17 bits per heavy atom. The monoisotopic (exact) mass is 399 g/mol. The first-order valence-electron chi connectivity index (χ1n) is 8.73. The number of aryl methyl sites for hydroxylation is 1. The van der Waals surface area contributed by atoms with Gasteiger partial charge in [-0.2, -0.15) is 18.3 Å². The molecule has 0 aliphatic heterocycles. The normalized spacial score (nSPS) is 11.7. The van der Waals surface area contributed by atoms with Crippen molar-refractivity contribution in [2.75, 3.05) is 5.32 Å². The molecule has 0 fully saturated rings. The highest BCUT2D eigenvalue weighted by molar-refractivity contribution is 6.08. The van der Waals surface area contributed by atoms with E-state index in [4.69, 9.17) is 0 Å². The first-order chi connectivity index (χ1) is 13.8. The molecular weight excluding hydrogens is 383 g/mol. The van der Waals surface area contributed by atoms with Gasteiger partial charge in [-0.05, 0) is 30.2 Å². The van der Waals surface area contributed by atoms with Crippen molar-refractivity contribution in [2.45, 2.75) is 19.6 Å². The number of rotatable bonds is 4. The molecule has 0 radical (unpaired) electrons. The number of nitrogens with one attached hydrogen (secondary N) is 2. The van der Waals surface area contributed by atoms with Crippen LogP contribution in [0, 0.1) is 6.92 Å². The van der Waals surface area contributed by atoms with Crippen molar-refractivity contribution in [3.63, 3.8) is 0 Å². The van der Waals surface area contributed by atoms with Gasteiger partial charge in [0.2, 0.25) is 0 Å². The molecule has 4 aromatic rings. The summed E-state index contributed by atoms with van der Waals surface area (Å²) in [5.41, 5.74) is 2.75. The van der Waals surface area contributed by atoms with E-state index in [1.54, 1.807) is 24.8 Å². The van der Waals surface area contributed by atoms with Gasteiger partial charge in [0.15, 0.2) is 0 Å². The fourth-order valence-electron chi connectivity index (χ4n) is 3.03. The number of halogens is 3. The van der Waals surface area contributed by atoms with Crippen molar-refractivity contribution in [1.29, 1.82) is 0 Å². The molecule has 6 nitrogen and oxygen atoms in total. The van der Waals surface area contributed by atoms with E-state index in [-0.39, 0.29) is 12.5 Å². The maximum atomic E-state index is 12.6. The Balaban J connectivity index is 1.47. The number of aromatic nitrogens is 4. The predicted octanol–water partition coefficient (Wildman–Crippen LogP) is 4.39. The molecule has 0 atom stereocenters. The molecule has 0 aliphatic carbocycles. The number of benzene rings is 1. The van der Waals surface area contributed by atoms with E-state index in [0.717, 1.165) is 28.6 Å². The van der Waals surface area contributed by atoms with E-state index in [0.29, 0.717) is 16.8 Å². The molecule has 2 N–H and O–H groups in total. The molecule has 3 aromatic heterocycles. The van der Waals surface area contributed by atoms with Crippen molar-refractivity contribution in [3.05, 3.63) is 77.5 Å². The molecule has 148 valence electrons. The maximum Gasteiger partial charge on any atom is 0.416 e. The van der Waals surface area contributed by atoms with Crippen molar-refractivity contribution >= 4 is 22.5 Å². The molecule has 3 heterocycles. The second-order valence-electron chi connectivity index (χ2n) is 6.66. The Bertz CT molecular complexity index is 1180. The minimum absolute atomic E-state index is 0.252. The van der Waals surface area contributed by atoms with Crippen LogP contribution in [0.3, 0.4) is 0 Å². The van der Waals surface area contributed by atoms with Gasteiger partial charge in [0.1, 0.15) is 0 Å². The van der Waals surface area contributed by atoms with Crippen LogP contribution in [0.4, 0.5) is 18.9 Å². The van der Waals surface area contributed by atoms with Crippen LogP contribution in [0.5, 0.6) is 0 Å². The minimum Gasteiger partial charge on any atom is -0.359 e. The number of pyridine rings is 1. The number of aromatic amines is 1. The molecule has 0 bridgehead atoms. The highest BCUT2D eigenvalue weighted by Gasteiger charge is 2.29. The van der Waals surface area contributed by atoms with Gasteiger partial charge in [-0.1, -0.05) is 12.1 Å². The van der Waals surface area contributed by atoms with Crippen LogP contribution in [0.15, 0.2) is 55.2 Å². The summed E-state index contributed by atoms with van der Waals surface area (Å²) in [5.74, 6) is -0.342. The molecule has 0 unspecified atom stereocenters. The number of hydrogen-bond acceptors (Lipinski definition) is 3. The van der Waals surface area contributed by atoms with Crippen LogP contribution in [0.1, 0.15) is 27.0 Å². The van der Waals surface area contributed by atoms with E-state index in [2.05, 4.69) is 20.4 Å². The lowest BCUT2D eigenvalue weighted by molar-refractivity contribution is -0.137. The number of carbonyl (C=O) groups is 1. The van der Waals surface area contributed by atoms with E-state index in [9.17, 15) is 18.0 Å². The Hall–Kier alpha value is -3.62. The van der Waals surface area contributed by atoms with Crippen LogP contribution in [0.25, 0.3) is 10.9 Å². The quantitative estimate of drug-likeness (QED) is 0.535. The summed E-state index contributed by atoms with van der Waals surface area (Å²) in [6.45, 7) is 2.17. The number of H-pyrrole nitrogens is 1. The highest BCUT2D eigenvalue weighted by atomic mass is 19.4. The first-order valence-corrected chi connectivity index (χ1v) is 8.73. The largest absolute Gasteiger partial charge is 0.416 e. The number of fused-ring (bicyclic) bond motifs is 1. The van der Waals surface area contributed by atoms with Crippen LogP contribution in [-0.4, -0.2) is 25.7 Å². The van der Waals surface area contributed by atoms with Gasteiger partial charge in [-0.25, -0.2) is 0 Å². The van der Waals surface area contributed by atoms with Crippen LogP contribution in [-0.2, 0) is 12.7 Å². The van der Waals surface area contributed by atoms with Gasteiger partial charge in [0, 0.05) is 30.2 Å². The Kier molecular flexibility index (Phi) is 4.57. The lowest BCUT2D eigenvalue weighted by Crippen LogP contribution is -2.11. The Morgan fingerprint density at radius 2 is 1.93 bits per heavy atom. The zero-order valence-electron chi connectivity index (χ0n) is 15.3. The van der Waals surface area contributed by atoms with Gasteiger partial charge in [0.25, 0.3) is 5.91 Å². The average Bonchev–Trinajstić information content (AvgIpc) is 3.30. The van der Waals surface area contributed by atoms with Gasteiger partial charge in [0.05, 0.1) is 35.1 Å². The summed E-state index contributed by atoms with van der Waals surface area (Å²) in [5, 5.41) is 7.75. The van der Waals surface area contributed by atoms with Gasteiger partial charge in [-0.15, -0.1) is 0 Å². The topological polar surface area (TPSA) is 75.6 Å². The van der Waals surface area contributed by atoms with Crippen molar-refractivity contribution in [1.82, 2.24) is 19.7 Å². The van der Waals surface area contributed by atoms with Gasteiger partial charge >= 0.3 is 6.18 Å². The molecule has 0 saturated heterocycles. The zero-order valence-corrected chi connectivity index (χ0v) is 15.3. The van der Waals surface area contributed by atoms with Crippen LogP contribution >= 0.6 is 0 Å². The fraction of sp³-hybridized carbons (Fsp3) is 0.150. The maximum absolute atomic E-state index is 12.6. The SMILES string of the molecule is Cc1cncc2c(NC(=O)c3cnn(Cc4ccc(C(F)(F)F)cc4)c3)c[nH]c12. The highest BCUT2D eigenvalue weighted by Crippen LogP contribution is 2.29. The number of alkyl halides is 3. The number of hydrogen-bond donors (Lipinski definition) is 2. The lowest BCUT2D eigenvalue weighted by atomic mass is 10.1. The summed E-state index contributed by atoms with van der Waals surface area (Å²) < 4.78 is 39.4. The van der Waals surface area contributed by atoms with E-state index in [1.165, 1.54) is 23.0 Å². The second kappa shape index (κ2) is 7.08. The Labute approximate surface area is 163 Å². The summed E-state index contributed by atoms with van der Waals surface area (Å²) in [7, 11) is 0. The molecule has 4 rings (SSSR count). The number of carbonyl (C=O) groups excluding carboxylic acids is 1. The molecule has 9 heteroatoms. The minimum atomic E-state index is -4.37. The number of amides is 1. The molecule has 0 aliphatic rings. The van der Waals surface area contributed by atoms with E-state index < -0.39 is 11.7 Å². The number of anilines is 1. The summed E-state index contributed by atoms with van der Waals surface area (Å²) in [6, 6.07) is 4.84. The first kappa shape index (κ1) is 18.7. The van der Waals surface area contributed by atoms with Crippen molar-refractivity contribution in [2.24, 2.45) is 0 Å². The standard InChI is InChI=1S/C20H16F3N5O/c1-12-6-24-8-16-17(9-25-18(12)16)27-19(29)14-7-26-28(11-14)10-13-2-4-15(5-3-13)20(21,22)23/h2-9,11,25H,10H2,1H3,(H,27,29). The summed E-state index contributed by atoms with van der Waals surface area (Å²) in [6.07, 6.45) is 3.69. The second-order valence-corrected chi connectivity index (χ2v) is 6.66. The lowest BCUT2D eigenvalue weighted by Gasteiger charge is -2.07. The molecular formula is C20H16F3N5O. The van der Waals surface area contributed by atoms with Gasteiger partial charge in [-0.3, -0.25) is 14.5 Å². The predicted molar refractivity (Wildman–Crippen MR) is 102 cm³/mol. The molecule has 1 aromatic carbocycles. The molecule has 29 heavy (non-hydrogen) atoms. The zero-order chi connectivity index (χ0) is 20.6. The third kappa shape index (κ3) is 3.84. The summed E-state index contributed by atoms with van der Waals surface area (Å²) in [4.78, 5) is 19.8. The number of nitrogens with zero attached hydrogens (tertiary/aromatic N) is 3. The average molecular weight is 399 g/mol. The smallest absolute Gasteiger partial charge is 0.359 e. The van der Waals surface area contributed by atoms with Crippen LogP contribution < -0.4 is 5.32 Å². The molecule has 1 amide bonds. The van der Waals surface area contributed by atoms with Crippen molar-refractivity contribution in [3.8, 4) is 0 Å². The van der Waals surface area contributed by atoms with E-state index >= 15 is 0 Å². The van der Waals surface area contributed by atoms with Crippen molar-refractivity contribution < 1.29 is 18.0 Å². The summed E-state index contributed by atoms with van der Waals surface area (Å²) >= 11 is 0. The van der Waals surface area contributed by atoms with E-state index in [1.807, 2.05) is 6.92 Å². The van der Waals surface area contributed by atoms with Crippen LogP contribution in [0.2, 0.25) is 0 Å².